The molecule has 1 heteroatoms. The summed E-state index contributed by atoms with van der Waals surface area (Å²) >= 11 is 0. The minimum atomic E-state index is 0.120. The summed E-state index contributed by atoms with van der Waals surface area (Å²) in [4.78, 5) is 12.8. The van der Waals surface area contributed by atoms with E-state index in [9.17, 15) is 4.79 Å². The molecule has 0 saturated carbocycles. The van der Waals surface area contributed by atoms with Crippen molar-refractivity contribution in [2.24, 2.45) is 17.8 Å². The number of rotatable bonds is 4. The summed E-state index contributed by atoms with van der Waals surface area (Å²) < 4.78 is 0. The van der Waals surface area contributed by atoms with Crippen LogP contribution in [0.5, 0.6) is 0 Å². The summed E-state index contributed by atoms with van der Waals surface area (Å²) in [7, 11) is 0. The Bertz CT molecular complexity index is 722. The molecule has 2 aromatic carbocycles. The highest BCUT2D eigenvalue weighted by atomic mass is 16.1. The Morgan fingerprint density at radius 2 is 1.58 bits per heavy atom. The molecule has 2 unspecified atom stereocenters. The Balaban J connectivity index is 1.76. The highest BCUT2D eigenvalue weighted by Gasteiger charge is 2.31. The molecule has 3 rings (SSSR count). The first-order chi connectivity index (χ1) is 11.6. The molecule has 1 aliphatic rings. The zero-order valence-electron chi connectivity index (χ0n) is 14.8. The molecule has 0 heterocycles. The molecular weight excluding hydrogens is 292 g/mol. The minimum Gasteiger partial charge on any atom is -0.294 e. The molecule has 0 radical (unpaired) electrons. The van der Waals surface area contributed by atoms with E-state index in [1.165, 1.54) is 16.7 Å². The van der Waals surface area contributed by atoms with Crippen molar-refractivity contribution < 1.29 is 4.79 Å². The number of allylic oxidation sites excluding steroid dienone is 2. The van der Waals surface area contributed by atoms with Crippen LogP contribution >= 0.6 is 0 Å². The van der Waals surface area contributed by atoms with Crippen LogP contribution in [0.3, 0.4) is 0 Å². The smallest absolute Gasteiger partial charge is 0.162 e. The molecule has 0 saturated heterocycles. The van der Waals surface area contributed by atoms with Gasteiger partial charge < -0.3 is 0 Å². The monoisotopic (exact) mass is 318 g/mol. The number of ketones is 1. The van der Waals surface area contributed by atoms with Gasteiger partial charge in [-0.25, -0.2) is 0 Å². The van der Waals surface area contributed by atoms with E-state index < -0.39 is 0 Å². The quantitative estimate of drug-likeness (QED) is 0.706. The third-order valence-corrected chi connectivity index (χ3v) is 5.16. The van der Waals surface area contributed by atoms with Gasteiger partial charge in [-0.1, -0.05) is 81.4 Å². The predicted octanol–water partition coefficient (Wildman–Crippen LogP) is 5.70. The molecule has 0 aromatic heterocycles. The zero-order chi connectivity index (χ0) is 17.1. The fraction of sp³-hybridized carbons (Fsp3) is 0.348. The fourth-order valence-corrected chi connectivity index (χ4v) is 3.58. The van der Waals surface area contributed by atoms with Gasteiger partial charge in [0.05, 0.1) is 0 Å². The lowest BCUT2D eigenvalue weighted by atomic mass is 9.74. The average molecular weight is 318 g/mol. The van der Waals surface area contributed by atoms with Gasteiger partial charge in [-0.05, 0) is 46.9 Å². The van der Waals surface area contributed by atoms with Gasteiger partial charge in [-0.15, -0.1) is 0 Å². The normalized spacial score (nSPS) is 21.0. The lowest BCUT2D eigenvalue weighted by Crippen LogP contribution is -2.30. The standard InChI is InChI=1S/C23H26O/c1-16(2)21-14-9-17(3)22(23(21)24)15-18-10-12-20(13-11-18)19-7-5-4-6-8-19/h4-8,10-14,16-17,22H,9,15H2,1-3H3. The number of hydrogen-bond acceptors (Lipinski definition) is 1. The maximum Gasteiger partial charge on any atom is 0.162 e. The Morgan fingerprint density at radius 3 is 2.21 bits per heavy atom. The van der Waals surface area contributed by atoms with E-state index in [0.717, 1.165) is 18.4 Å². The Kier molecular flexibility index (Phi) is 4.99. The number of Topliss-reactive ketones (excluding diaryl/α,β-unsaturated/α-hetero) is 1. The lowest BCUT2D eigenvalue weighted by Gasteiger charge is -2.29. The number of carbonyl (C=O) groups excluding carboxylic acids is 1. The van der Waals surface area contributed by atoms with Crippen LogP contribution in [0.1, 0.15) is 32.8 Å². The fourth-order valence-electron chi connectivity index (χ4n) is 3.58. The van der Waals surface area contributed by atoms with E-state index in [1.54, 1.807) is 0 Å². The van der Waals surface area contributed by atoms with Crippen molar-refractivity contribution in [3.8, 4) is 11.1 Å². The van der Waals surface area contributed by atoms with Gasteiger partial charge in [-0.3, -0.25) is 4.79 Å². The Morgan fingerprint density at radius 1 is 0.958 bits per heavy atom. The van der Waals surface area contributed by atoms with Crippen LogP contribution in [-0.2, 0) is 11.2 Å². The van der Waals surface area contributed by atoms with E-state index in [1.807, 2.05) is 6.07 Å². The highest BCUT2D eigenvalue weighted by Crippen LogP contribution is 2.32. The van der Waals surface area contributed by atoms with Crippen LogP contribution in [-0.4, -0.2) is 5.78 Å². The maximum absolute atomic E-state index is 12.8. The second-order valence-corrected chi connectivity index (χ2v) is 7.26. The van der Waals surface area contributed by atoms with Gasteiger partial charge in [0.15, 0.2) is 5.78 Å². The average Bonchev–Trinajstić information content (AvgIpc) is 2.59. The van der Waals surface area contributed by atoms with Crippen LogP contribution < -0.4 is 0 Å². The third kappa shape index (κ3) is 3.51. The van der Waals surface area contributed by atoms with E-state index in [-0.39, 0.29) is 5.92 Å². The van der Waals surface area contributed by atoms with E-state index >= 15 is 0 Å². The van der Waals surface area contributed by atoms with Gasteiger partial charge in [0.2, 0.25) is 0 Å². The molecule has 124 valence electrons. The number of carbonyl (C=O) groups is 1. The summed E-state index contributed by atoms with van der Waals surface area (Å²) in [6.45, 7) is 6.44. The van der Waals surface area contributed by atoms with Crippen molar-refractivity contribution in [3.63, 3.8) is 0 Å². The van der Waals surface area contributed by atoms with Gasteiger partial charge in [0.25, 0.3) is 0 Å². The molecule has 0 amide bonds. The summed E-state index contributed by atoms with van der Waals surface area (Å²) in [6.07, 6.45) is 4.03. The third-order valence-electron chi connectivity index (χ3n) is 5.16. The van der Waals surface area contributed by atoms with Gasteiger partial charge >= 0.3 is 0 Å². The molecule has 1 nitrogen and oxygen atoms in total. The highest BCUT2D eigenvalue weighted by molar-refractivity contribution is 5.98. The van der Waals surface area contributed by atoms with Crippen LogP contribution in [0.2, 0.25) is 0 Å². The summed E-state index contributed by atoms with van der Waals surface area (Å²) in [5.74, 6) is 1.23. The molecule has 0 fully saturated rings. The summed E-state index contributed by atoms with van der Waals surface area (Å²) in [5, 5.41) is 0. The van der Waals surface area contributed by atoms with Crippen molar-refractivity contribution in [2.45, 2.75) is 33.6 Å². The van der Waals surface area contributed by atoms with E-state index in [2.05, 4.69) is 75.4 Å². The second kappa shape index (κ2) is 7.17. The molecule has 0 spiro atoms. The lowest BCUT2D eigenvalue weighted by molar-refractivity contribution is -0.121. The first kappa shape index (κ1) is 16.7. The number of benzene rings is 2. The van der Waals surface area contributed by atoms with Gasteiger partial charge in [-0.2, -0.15) is 0 Å². The molecule has 0 N–H and O–H groups in total. The largest absolute Gasteiger partial charge is 0.294 e. The van der Waals surface area contributed by atoms with Crippen LogP contribution in [0, 0.1) is 17.8 Å². The van der Waals surface area contributed by atoms with Crippen LogP contribution in [0.15, 0.2) is 66.2 Å². The van der Waals surface area contributed by atoms with Crippen molar-refractivity contribution in [1.29, 1.82) is 0 Å². The van der Waals surface area contributed by atoms with Crippen LogP contribution in [0.25, 0.3) is 11.1 Å². The van der Waals surface area contributed by atoms with E-state index in [4.69, 9.17) is 0 Å². The first-order valence-electron chi connectivity index (χ1n) is 8.95. The van der Waals surface area contributed by atoms with Gasteiger partial charge in [0, 0.05) is 5.92 Å². The second-order valence-electron chi connectivity index (χ2n) is 7.26. The molecule has 24 heavy (non-hydrogen) atoms. The van der Waals surface area contributed by atoms with Crippen LogP contribution in [0.4, 0.5) is 0 Å². The minimum absolute atomic E-state index is 0.120. The first-order valence-corrected chi connectivity index (χ1v) is 8.95. The van der Waals surface area contributed by atoms with E-state index in [0.29, 0.717) is 17.6 Å². The Labute approximate surface area is 145 Å². The zero-order valence-corrected chi connectivity index (χ0v) is 14.8. The van der Waals surface area contributed by atoms with Crippen molar-refractivity contribution in [2.75, 3.05) is 0 Å². The topological polar surface area (TPSA) is 17.1 Å². The SMILES string of the molecule is CC(C)C1=CCC(C)C(Cc2ccc(-c3ccccc3)cc2)C1=O. The van der Waals surface area contributed by atoms with Crippen molar-refractivity contribution in [1.82, 2.24) is 0 Å². The Hall–Kier alpha value is -2.15. The predicted molar refractivity (Wildman–Crippen MR) is 101 cm³/mol. The number of hydrogen-bond donors (Lipinski definition) is 0. The van der Waals surface area contributed by atoms with Gasteiger partial charge in [0.1, 0.15) is 0 Å². The molecule has 0 aliphatic heterocycles. The molecule has 1 aliphatic carbocycles. The van der Waals surface area contributed by atoms with Crippen molar-refractivity contribution >= 4 is 5.78 Å². The van der Waals surface area contributed by atoms with Crippen molar-refractivity contribution in [3.05, 3.63) is 71.8 Å². The summed E-state index contributed by atoms with van der Waals surface area (Å²) in [5.41, 5.74) is 4.74. The molecule has 2 aromatic rings. The molecule has 0 bridgehead atoms. The maximum atomic E-state index is 12.8. The molecule has 2 atom stereocenters. The summed E-state index contributed by atoms with van der Waals surface area (Å²) in [6, 6.07) is 19.1. The molecular formula is C23H26O.